The molecule has 7 nitrogen and oxygen atoms in total. The minimum absolute atomic E-state index is 0.293. The lowest BCUT2D eigenvalue weighted by atomic mass is 10.1. The maximum atomic E-state index is 12.1. The third-order valence-corrected chi connectivity index (χ3v) is 3.93. The van der Waals surface area contributed by atoms with Crippen molar-refractivity contribution in [3.05, 3.63) is 59.2 Å². The largest absolute Gasteiger partial charge is 0.493 e. The zero-order valence-corrected chi connectivity index (χ0v) is 16.1. The smallest absolute Gasteiger partial charge is 0.344 e. The van der Waals surface area contributed by atoms with E-state index < -0.39 is 24.6 Å². The molecule has 0 fully saturated rings. The van der Waals surface area contributed by atoms with Crippen molar-refractivity contribution in [1.29, 1.82) is 0 Å². The lowest BCUT2D eigenvalue weighted by Crippen LogP contribution is -2.36. The number of rotatable bonds is 9. The third-order valence-electron chi connectivity index (χ3n) is 3.93. The van der Waals surface area contributed by atoms with Gasteiger partial charge in [-0.2, -0.15) is 0 Å². The summed E-state index contributed by atoms with van der Waals surface area (Å²) in [6.07, 6.45) is -0.279. The molecule has 0 spiro atoms. The summed E-state index contributed by atoms with van der Waals surface area (Å²) in [6.45, 7) is 3.42. The third kappa shape index (κ3) is 6.12. The van der Waals surface area contributed by atoms with Crippen LogP contribution in [0.15, 0.2) is 42.5 Å². The van der Waals surface area contributed by atoms with Gasteiger partial charge in [-0.15, -0.1) is 0 Å². The number of hydrogen-bond donors (Lipinski definition) is 1. The number of ether oxygens (including phenoxy) is 3. The average Bonchev–Trinajstić information content (AvgIpc) is 2.71. The van der Waals surface area contributed by atoms with Gasteiger partial charge in [0.1, 0.15) is 6.29 Å². The van der Waals surface area contributed by atoms with E-state index >= 15 is 0 Å². The minimum atomic E-state index is -0.958. The van der Waals surface area contributed by atoms with Crippen molar-refractivity contribution in [2.45, 2.75) is 26.5 Å². The molecule has 0 aliphatic rings. The van der Waals surface area contributed by atoms with Crippen LogP contribution in [0.5, 0.6) is 11.5 Å². The normalized spacial score (nSPS) is 11.2. The molecule has 7 heteroatoms. The topological polar surface area (TPSA) is 90.9 Å². The van der Waals surface area contributed by atoms with E-state index in [-0.39, 0.29) is 0 Å². The molecule has 0 aliphatic heterocycles. The van der Waals surface area contributed by atoms with Crippen LogP contribution in [-0.4, -0.2) is 38.0 Å². The van der Waals surface area contributed by atoms with Gasteiger partial charge in [0.25, 0.3) is 5.91 Å². The molecular weight excluding hydrogens is 362 g/mol. The molecule has 0 heterocycles. The molecule has 0 unspecified atom stereocenters. The predicted octanol–water partition coefficient (Wildman–Crippen LogP) is 2.44. The molecule has 148 valence electrons. The molecule has 1 atom stereocenters. The number of carbonyl (C=O) groups excluding carboxylic acids is 3. The Kier molecular flexibility index (Phi) is 7.56. The van der Waals surface area contributed by atoms with Gasteiger partial charge in [-0.25, -0.2) is 4.79 Å². The number of nitrogens with one attached hydrogen (secondary N) is 1. The number of methoxy groups -OCH3 is 1. The second-order valence-corrected chi connectivity index (χ2v) is 6.15. The highest BCUT2D eigenvalue weighted by Crippen LogP contribution is 2.27. The van der Waals surface area contributed by atoms with Crippen molar-refractivity contribution in [3.8, 4) is 11.5 Å². The summed E-state index contributed by atoms with van der Waals surface area (Å²) < 4.78 is 15.6. The first-order valence-electron chi connectivity index (χ1n) is 8.71. The minimum Gasteiger partial charge on any atom is -0.493 e. The van der Waals surface area contributed by atoms with Gasteiger partial charge in [0.05, 0.1) is 7.11 Å². The van der Waals surface area contributed by atoms with Crippen LogP contribution in [0.1, 0.15) is 28.4 Å². The van der Waals surface area contributed by atoms with Gasteiger partial charge in [-0.05, 0) is 37.6 Å². The Morgan fingerprint density at radius 3 is 2.46 bits per heavy atom. The number of aldehydes is 1. The van der Waals surface area contributed by atoms with Crippen molar-refractivity contribution < 1.29 is 28.6 Å². The summed E-state index contributed by atoms with van der Waals surface area (Å²) in [6, 6.07) is 12.3. The van der Waals surface area contributed by atoms with E-state index in [1.807, 2.05) is 31.2 Å². The molecule has 2 rings (SSSR count). The lowest BCUT2D eigenvalue weighted by Gasteiger charge is -2.15. The van der Waals surface area contributed by atoms with Crippen molar-refractivity contribution in [1.82, 2.24) is 5.32 Å². The van der Waals surface area contributed by atoms with E-state index in [2.05, 4.69) is 5.32 Å². The van der Waals surface area contributed by atoms with E-state index in [1.165, 1.54) is 32.2 Å². The van der Waals surface area contributed by atoms with Crippen LogP contribution in [0.4, 0.5) is 0 Å². The summed E-state index contributed by atoms with van der Waals surface area (Å²) in [5, 5.41) is 2.72. The van der Waals surface area contributed by atoms with Crippen LogP contribution in [-0.2, 0) is 20.9 Å². The van der Waals surface area contributed by atoms with Crippen molar-refractivity contribution >= 4 is 18.2 Å². The SMILES string of the molecule is COc1cc(C=O)ccc1OCC(=O)O[C@H](C)C(=O)NCc1ccc(C)cc1. The molecular formula is C21H23NO6. The molecule has 0 radical (unpaired) electrons. The number of amides is 1. The Morgan fingerprint density at radius 2 is 1.82 bits per heavy atom. The van der Waals surface area contributed by atoms with Gasteiger partial charge in [-0.3, -0.25) is 9.59 Å². The average molecular weight is 385 g/mol. The number of carbonyl (C=O) groups is 3. The van der Waals surface area contributed by atoms with E-state index in [1.54, 1.807) is 0 Å². The first-order chi connectivity index (χ1) is 13.4. The second kappa shape index (κ2) is 10.1. The Hall–Kier alpha value is -3.35. The quantitative estimate of drug-likeness (QED) is 0.527. The first-order valence-corrected chi connectivity index (χ1v) is 8.71. The summed E-state index contributed by atoms with van der Waals surface area (Å²) in [5.41, 5.74) is 2.51. The number of esters is 1. The number of benzene rings is 2. The second-order valence-electron chi connectivity index (χ2n) is 6.15. The van der Waals surface area contributed by atoms with Crippen LogP contribution < -0.4 is 14.8 Å². The Labute approximate surface area is 163 Å². The lowest BCUT2D eigenvalue weighted by molar-refractivity contribution is -0.156. The fourth-order valence-corrected chi connectivity index (χ4v) is 2.34. The fourth-order valence-electron chi connectivity index (χ4n) is 2.34. The molecule has 0 bridgehead atoms. The van der Waals surface area contributed by atoms with Gasteiger partial charge in [0.15, 0.2) is 24.2 Å². The van der Waals surface area contributed by atoms with E-state index in [4.69, 9.17) is 14.2 Å². The monoisotopic (exact) mass is 385 g/mol. The number of hydrogen-bond acceptors (Lipinski definition) is 6. The molecule has 0 aliphatic carbocycles. The Bertz CT molecular complexity index is 831. The van der Waals surface area contributed by atoms with Crippen LogP contribution in [0.25, 0.3) is 0 Å². The maximum absolute atomic E-state index is 12.1. The van der Waals surface area contributed by atoms with Gasteiger partial charge >= 0.3 is 5.97 Å². The van der Waals surface area contributed by atoms with Gasteiger partial charge < -0.3 is 19.5 Å². The van der Waals surface area contributed by atoms with Crippen LogP contribution in [0.3, 0.4) is 0 Å². The molecule has 0 aromatic heterocycles. The predicted molar refractivity (Wildman–Crippen MR) is 102 cm³/mol. The molecule has 0 saturated carbocycles. The summed E-state index contributed by atoms with van der Waals surface area (Å²) in [7, 11) is 1.43. The van der Waals surface area contributed by atoms with Crippen LogP contribution in [0.2, 0.25) is 0 Å². The highest BCUT2D eigenvalue weighted by atomic mass is 16.6. The molecule has 2 aromatic rings. The van der Waals surface area contributed by atoms with Crippen molar-refractivity contribution in [3.63, 3.8) is 0 Å². The van der Waals surface area contributed by atoms with E-state index in [0.717, 1.165) is 11.1 Å². The zero-order chi connectivity index (χ0) is 20.5. The fraction of sp³-hybridized carbons (Fsp3) is 0.286. The maximum Gasteiger partial charge on any atom is 0.344 e. The zero-order valence-electron chi connectivity index (χ0n) is 16.1. The van der Waals surface area contributed by atoms with E-state index in [0.29, 0.717) is 29.9 Å². The Morgan fingerprint density at radius 1 is 1.11 bits per heavy atom. The summed E-state index contributed by atoms with van der Waals surface area (Å²) in [4.78, 5) is 34.8. The molecule has 28 heavy (non-hydrogen) atoms. The molecule has 1 N–H and O–H groups in total. The highest BCUT2D eigenvalue weighted by Gasteiger charge is 2.18. The van der Waals surface area contributed by atoms with Crippen molar-refractivity contribution in [2.75, 3.05) is 13.7 Å². The Balaban J connectivity index is 1.80. The first kappa shape index (κ1) is 21.0. The van der Waals surface area contributed by atoms with Gasteiger partial charge in [-0.1, -0.05) is 29.8 Å². The molecule has 0 saturated heterocycles. The van der Waals surface area contributed by atoms with Gasteiger partial charge in [0.2, 0.25) is 0 Å². The van der Waals surface area contributed by atoms with E-state index in [9.17, 15) is 14.4 Å². The molecule has 1 amide bonds. The summed E-state index contributed by atoms with van der Waals surface area (Å²) >= 11 is 0. The van der Waals surface area contributed by atoms with Crippen LogP contribution in [0, 0.1) is 6.92 Å². The standard InChI is InChI=1S/C21H23NO6/c1-14-4-6-16(7-5-14)11-22-21(25)15(2)28-20(24)13-27-18-9-8-17(12-23)10-19(18)26-3/h4-10,12,15H,11,13H2,1-3H3,(H,22,25)/t15-/m1/s1. The van der Waals surface area contributed by atoms with Crippen LogP contribution >= 0.6 is 0 Å². The summed E-state index contributed by atoms with van der Waals surface area (Å²) in [5.74, 6) is -0.482. The molecule has 2 aromatic carbocycles. The van der Waals surface area contributed by atoms with Gasteiger partial charge in [0, 0.05) is 12.1 Å². The number of aryl methyl sites for hydroxylation is 1. The van der Waals surface area contributed by atoms with Crippen molar-refractivity contribution in [2.24, 2.45) is 0 Å². The highest BCUT2D eigenvalue weighted by molar-refractivity contribution is 5.83.